The number of hydrogen-bond acceptors (Lipinski definition) is 7. The van der Waals surface area contributed by atoms with Crippen molar-refractivity contribution < 1.29 is 24.2 Å². The smallest absolute Gasteiger partial charge is 0.255 e. The number of carbonyl (C=O) groups is 2. The van der Waals surface area contributed by atoms with Crippen LogP contribution in [0.5, 0.6) is 11.5 Å². The highest BCUT2D eigenvalue weighted by Gasteiger charge is 2.32. The first-order chi connectivity index (χ1) is 15.3. The minimum absolute atomic E-state index is 0.133. The topological polar surface area (TPSA) is 126 Å². The van der Waals surface area contributed by atoms with Crippen LogP contribution in [0.1, 0.15) is 16.8 Å². The van der Waals surface area contributed by atoms with Crippen LogP contribution in [-0.4, -0.2) is 67.8 Å². The van der Waals surface area contributed by atoms with Crippen LogP contribution in [0.3, 0.4) is 0 Å². The molecule has 5 N–H and O–H groups in total. The van der Waals surface area contributed by atoms with E-state index in [0.29, 0.717) is 36.6 Å². The van der Waals surface area contributed by atoms with Crippen LogP contribution in [-0.2, 0) is 9.53 Å². The fourth-order valence-corrected chi connectivity index (χ4v) is 3.80. The molecule has 172 valence electrons. The number of phenols is 1. The van der Waals surface area contributed by atoms with Gasteiger partial charge in [-0.15, -0.1) is 0 Å². The van der Waals surface area contributed by atoms with Crippen molar-refractivity contribution in [3.8, 4) is 11.5 Å². The number of aromatic hydroxyl groups is 1. The van der Waals surface area contributed by atoms with E-state index in [4.69, 9.17) is 26.8 Å². The Bertz CT molecular complexity index is 970. The summed E-state index contributed by atoms with van der Waals surface area (Å²) in [4.78, 5) is 27.2. The van der Waals surface area contributed by atoms with Crippen molar-refractivity contribution >= 4 is 34.8 Å². The summed E-state index contributed by atoms with van der Waals surface area (Å²) in [6.45, 7) is 1.26. The molecule has 3 rings (SSSR count). The molecule has 0 bridgehead atoms. The van der Waals surface area contributed by atoms with Crippen LogP contribution in [0.2, 0.25) is 5.02 Å². The van der Waals surface area contributed by atoms with Crippen LogP contribution in [0, 0.1) is 0 Å². The van der Waals surface area contributed by atoms with E-state index in [2.05, 4.69) is 10.6 Å². The lowest BCUT2D eigenvalue weighted by molar-refractivity contribution is -0.118. The second-order valence-corrected chi connectivity index (χ2v) is 7.95. The average Bonchev–Trinajstić information content (AvgIpc) is 2.77. The van der Waals surface area contributed by atoms with E-state index in [1.165, 1.54) is 31.4 Å². The van der Waals surface area contributed by atoms with Gasteiger partial charge in [-0.3, -0.25) is 14.5 Å². The number of carbonyl (C=O) groups excluding carboxylic acids is 2. The number of anilines is 2. The third-order valence-electron chi connectivity index (χ3n) is 5.34. The summed E-state index contributed by atoms with van der Waals surface area (Å²) >= 11 is 6.08. The van der Waals surface area contributed by atoms with Crippen molar-refractivity contribution in [3.05, 3.63) is 47.0 Å². The number of benzene rings is 2. The van der Waals surface area contributed by atoms with Gasteiger partial charge in [0.15, 0.2) is 0 Å². The van der Waals surface area contributed by atoms with Crippen LogP contribution in [0.15, 0.2) is 36.4 Å². The highest BCUT2D eigenvalue weighted by Crippen LogP contribution is 2.29. The van der Waals surface area contributed by atoms with Crippen molar-refractivity contribution in [2.75, 3.05) is 44.9 Å². The monoisotopic (exact) mass is 462 g/mol. The van der Waals surface area contributed by atoms with Gasteiger partial charge in [-0.1, -0.05) is 11.6 Å². The normalized spacial score (nSPS) is 18.7. The Morgan fingerprint density at radius 1 is 1.25 bits per heavy atom. The van der Waals surface area contributed by atoms with Gasteiger partial charge in [0, 0.05) is 32.0 Å². The maximum absolute atomic E-state index is 12.9. The number of halogens is 1. The summed E-state index contributed by atoms with van der Waals surface area (Å²) in [5, 5.41) is 15.4. The molecule has 2 unspecified atom stereocenters. The predicted octanol–water partition coefficient (Wildman–Crippen LogP) is 2.09. The molecule has 0 radical (unpaired) electrons. The van der Waals surface area contributed by atoms with Gasteiger partial charge in [0.1, 0.15) is 11.5 Å². The molecule has 9 nitrogen and oxygen atoms in total. The molecular formula is C22H27ClN4O5. The molecule has 0 spiro atoms. The number of hydrogen-bond donors (Lipinski definition) is 4. The van der Waals surface area contributed by atoms with Crippen LogP contribution in [0.25, 0.3) is 0 Å². The van der Waals surface area contributed by atoms with Crippen molar-refractivity contribution in [3.63, 3.8) is 0 Å². The molecule has 2 atom stereocenters. The lowest BCUT2D eigenvalue weighted by Gasteiger charge is -2.37. The number of rotatable bonds is 7. The van der Waals surface area contributed by atoms with Gasteiger partial charge < -0.3 is 30.9 Å². The summed E-state index contributed by atoms with van der Waals surface area (Å²) in [6, 6.07) is 9.03. The van der Waals surface area contributed by atoms with Gasteiger partial charge in [0.25, 0.3) is 5.91 Å². The van der Waals surface area contributed by atoms with Crippen molar-refractivity contribution in [2.45, 2.75) is 18.6 Å². The molecular weight excluding hydrogens is 436 g/mol. The summed E-state index contributed by atoms with van der Waals surface area (Å²) in [6.07, 6.45) is 0.298. The second kappa shape index (κ2) is 10.5. The minimum atomic E-state index is -0.339. The lowest BCUT2D eigenvalue weighted by Crippen LogP contribution is -2.55. The SMILES string of the molecule is COc1cc(N)c(Cl)cc1C(=O)NC1CCN(CC(=O)Nc2ccc(O)cc2)CC1OC. The standard InChI is InChI=1S/C22H27ClN4O5/c1-31-19-10-17(24)16(23)9-15(19)22(30)26-18-7-8-27(11-20(18)32-2)12-21(29)25-13-3-5-14(28)6-4-13/h3-6,9-10,18,20,28H,7-8,11-12,24H2,1-2H3,(H,25,29)(H,26,30). The molecule has 32 heavy (non-hydrogen) atoms. The molecule has 10 heteroatoms. The summed E-state index contributed by atoms with van der Waals surface area (Å²) < 4.78 is 10.9. The maximum atomic E-state index is 12.9. The Morgan fingerprint density at radius 3 is 2.62 bits per heavy atom. The molecule has 1 aliphatic heterocycles. The number of nitrogens with two attached hydrogens (primary N) is 1. The fraction of sp³-hybridized carbons (Fsp3) is 0.364. The Balaban J connectivity index is 1.58. The zero-order valence-corrected chi connectivity index (χ0v) is 18.7. The largest absolute Gasteiger partial charge is 0.508 e. The van der Waals surface area contributed by atoms with Gasteiger partial charge in [-0.05, 0) is 36.8 Å². The molecule has 0 aromatic heterocycles. The third-order valence-corrected chi connectivity index (χ3v) is 5.67. The lowest BCUT2D eigenvalue weighted by atomic mass is 10.0. The summed E-state index contributed by atoms with van der Waals surface area (Å²) in [5.74, 6) is -0.0424. The molecule has 2 aromatic carbocycles. The molecule has 1 aliphatic rings. The second-order valence-electron chi connectivity index (χ2n) is 7.55. The number of nitrogen functional groups attached to an aromatic ring is 1. The number of nitrogens with zero attached hydrogens (tertiary/aromatic N) is 1. The first-order valence-electron chi connectivity index (χ1n) is 10.1. The highest BCUT2D eigenvalue weighted by molar-refractivity contribution is 6.33. The number of amides is 2. The number of nitrogens with one attached hydrogen (secondary N) is 2. The van der Waals surface area contributed by atoms with E-state index in [1.54, 1.807) is 19.2 Å². The summed E-state index contributed by atoms with van der Waals surface area (Å²) in [5.41, 5.74) is 7.01. The number of methoxy groups -OCH3 is 2. The highest BCUT2D eigenvalue weighted by atomic mass is 35.5. The third kappa shape index (κ3) is 5.82. The van der Waals surface area contributed by atoms with E-state index in [9.17, 15) is 14.7 Å². The van der Waals surface area contributed by atoms with Gasteiger partial charge in [0.2, 0.25) is 5.91 Å². The molecule has 1 heterocycles. The fourth-order valence-electron chi connectivity index (χ4n) is 3.64. The number of piperidine rings is 1. The van der Waals surface area contributed by atoms with Gasteiger partial charge in [-0.2, -0.15) is 0 Å². The zero-order chi connectivity index (χ0) is 23.3. The van der Waals surface area contributed by atoms with Crippen molar-refractivity contribution in [1.82, 2.24) is 10.2 Å². The van der Waals surface area contributed by atoms with Crippen LogP contribution in [0.4, 0.5) is 11.4 Å². The Morgan fingerprint density at radius 2 is 1.97 bits per heavy atom. The average molecular weight is 463 g/mol. The van der Waals surface area contributed by atoms with E-state index in [0.717, 1.165) is 0 Å². The quantitative estimate of drug-likeness (QED) is 0.366. The van der Waals surface area contributed by atoms with Crippen LogP contribution < -0.4 is 21.1 Å². The number of likely N-dealkylation sites (tertiary alicyclic amines) is 1. The Kier molecular flexibility index (Phi) is 7.79. The maximum Gasteiger partial charge on any atom is 0.255 e. The van der Waals surface area contributed by atoms with E-state index in [1.807, 2.05) is 4.90 Å². The van der Waals surface area contributed by atoms with Crippen molar-refractivity contribution in [1.29, 1.82) is 0 Å². The van der Waals surface area contributed by atoms with Gasteiger partial charge in [-0.25, -0.2) is 0 Å². The molecule has 1 saturated heterocycles. The molecule has 1 fully saturated rings. The number of ether oxygens (including phenoxy) is 2. The summed E-state index contributed by atoms with van der Waals surface area (Å²) in [7, 11) is 3.03. The van der Waals surface area contributed by atoms with Gasteiger partial charge >= 0.3 is 0 Å². The number of phenolic OH excluding ortho intramolecular Hbond substituents is 1. The Hall–Kier alpha value is -3.01. The molecule has 2 aromatic rings. The first kappa shape index (κ1) is 23.6. The molecule has 0 aliphatic carbocycles. The van der Waals surface area contributed by atoms with E-state index in [-0.39, 0.29) is 46.8 Å². The zero-order valence-electron chi connectivity index (χ0n) is 17.9. The van der Waals surface area contributed by atoms with Gasteiger partial charge in [0.05, 0.1) is 42.1 Å². The molecule has 2 amide bonds. The minimum Gasteiger partial charge on any atom is -0.508 e. The van der Waals surface area contributed by atoms with E-state index < -0.39 is 0 Å². The molecule has 0 saturated carbocycles. The predicted molar refractivity (Wildman–Crippen MR) is 122 cm³/mol. The Labute approximate surface area is 191 Å². The van der Waals surface area contributed by atoms with E-state index >= 15 is 0 Å². The van der Waals surface area contributed by atoms with Crippen molar-refractivity contribution in [2.24, 2.45) is 0 Å². The van der Waals surface area contributed by atoms with Crippen LogP contribution >= 0.6 is 11.6 Å². The first-order valence-corrected chi connectivity index (χ1v) is 10.5.